The van der Waals surface area contributed by atoms with Gasteiger partial charge in [-0.2, -0.15) is 0 Å². The number of carbonyl (C=O) groups excluding carboxylic acids is 2. The molecule has 0 aromatic heterocycles. The van der Waals surface area contributed by atoms with Crippen LogP contribution in [0.5, 0.6) is 0 Å². The van der Waals surface area contributed by atoms with Crippen molar-refractivity contribution < 1.29 is 14.3 Å². The van der Waals surface area contributed by atoms with Crippen molar-refractivity contribution >= 4 is 39.2 Å². The Kier molecular flexibility index (Phi) is 5.98. The summed E-state index contributed by atoms with van der Waals surface area (Å²) in [5.74, 6) is -0.904. The minimum absolute atomic E-state index is 0.333. The molecule has 0 aliphatic rings. The van der Waals surface area contributed by atoms with Crippen molar-refractivity contribution in [3.63, 3.8) is 0 Å². The maximum absolute atomic E-state index is 12.1. The molecule has 0 atom stereocenters. The summed E-state index contributed by atoms with van der Waals surface area (Å²) in [6.07, 6.45) is 0. The van der Waals surface area contributed by atoms with Gasteiger partial charge < -0.3 is 15.0 Å². The first-order valence-corrected chi connectivity index (χ1v) is 8.16. The van der Waals surface area contributed by atoms with Crippen LogP contribution in [0, 0.1) is 6.92 Å². The summed E-state index contributed by atoms with van der Waals surface area (Å²) in [7, 11) is 3.77. The predicted molar refractivity (Wildman–Crippen MR) is 98.6 cm³/mol. The highest BCUT2D eigenvalue weighted by molar-refractivity contribution is 9.10. The molecule has 126 valence electrons. The molecule has 0 heterocycles. The number of carbonyl (C=O) groups is 2. The lowest BCUT2D eigenvalue weighted by atomic mass is 10.2. The van der Waals surface area contributed by atoms with Crippen LogP contribution in [-0.4, -0.2) is 32.6 Å². The molecule has 24 heavy (non-hydrogen) atoms. The van der Waals surface area contributed by atoms with E-state index in [4.69, 9.17) is 4.74 Å². The summed E-state index contributed by atoms with van der Waals surface area (Å²) in [6, 6.07) is 12.6. The van der Waals surface area contributed by atoms with Crippen molar-refractivity contribution in [1.82, 2.24) is 0 Å². The number of halogens is 1. The number of hydrogen-bond donors (Lipinski definition) is 1. The molecule has 0 saturated heterocycles. The van der Waals surface area contributed by atoms with Crippen LogP contribution in [0.3, 0.4) is 0 Å². The Morgan fingerprint density at radius 2 is 1.92 bits per heavy atom. The number of ether oxygens (including phenoxy) is 1. The molecule has 1 amide bonds. The summed E-state index contributed by atoms with van der Waals surface area (Å²) in [6.45, 7) is 1.56. The Bertz CT molecular complexity index is 760. The van der Waals surface area contributed by atoms with Gasteiger partial charge in [0.1, 0.15) is 0 Å². The number of hydrogen-bond acceptors (Lipinski definition) is 4. The Balaban J connectivity index is 1.93. The van der Waals surface area contributed by atoms with Gasteiger partial charge in [0.25, 0.3) is 5.91 Å². The quantitative estimate of drug-likeness (QED) is 0.792. The number of nitrogens with one attached hydrogen (secondary N) is 1. The van der Waals surface area contributed by atoms with Crippen LogP contribution >= 0.6 is 15.9 Å². The molecule has 1 N–H and O–H groups in total. The third kappa shape index (κ3) is 4.83. The minimum atomic E-state index is -0.527. The van der Waals surface area contributed by atoms with Crippen LogP contribution in [0.2, 0.25) is 0 Å². The number of nitrogens with zero attached hydrogens (tertiary/aromatic N) is 1. The monoisotopic (exact) mass is 390 g/mol. The second-order valence-electron chi connectivity index (χ2n) is 5.53. The highest BCUT2D eigenvalue weighted by atomic mass is 79.9. The van der Waals surface area contributed by atoms with Gasteiger partial charge in [-0.15, -0.1) is 0 Å². The summed E-state index contributed by atoms with van der Waals surface area (Å²) in [5, 5.41) is 2.73. The van der Waals surface area contributed by atoms with Crippen molar-refractivity contribution in [2.45, 2.75) is 6.92 Å². The molecule has 0 bridgehead atoms. The molecular weight excluding hydrogens is 372 g/mol. The summed E-state index contributed by atoms with van der Waals surface area (Å²) < 4.78 is 6.02. The number of esters is 1. The van der Waals surface area contributed by atoms with Crippen LogP contribution in [0.1, 0.15) is 15.9 Å². The Morgan fingerprint density at radius 1 is 1.17 bits per heavy atom. The summed E-state index contributed by atoms with van der Waals surface area (Å²) in [4.78, 5) is 25.9. The molecule has 0 aliphatic carbocycles. The molecule has 0 saturated carbocycles. The molecule has 2 aromatic carbocycles. The molecule has 5 nitrogen and oxygen atoms in total. The molecule has 2 aromatic rings. The van der Waals surface area contributed by atoms with Gasteiger partial charge >= 0.3 is 5.97 Å². The van der Waals surface area contributed by atoms with Crippen molar-refractivity contribution in [3.8, 4) is 0 Å². The van der Waals surface area contributed by atoms with Gasteiger partial charge in [-0.3, -0.25) is 4.79 Å². The molecular formula is C18H19BrN2O3. The Morgan fingerprint density at radius 3 is 2.58 bits per heavy atom. The first-order valence-electron chi connectivity index (χ1n) is 7.37. The lowest BCUT2D eigenvalue weighted by molar-refractivity contribution is -0.119. The van der Waals surface area contributed by atoms with E-state index in [0.717, 1.165) is 15.7 Å². The van der Waals surface area contributed by atoms with Gasteiger partial charge in [-0.1, -0.05) is 22.0 Å². The average Bonchev–Trinajstić information content (AvgIpc) is 2.55. The third-order valence-electron chi connectivity index (χ3n) is 3.40. The second kappa shape index (κ2) is 7.97. The van der Waals surface area contributed by atoms with Gasteiger partial charge in [0, 0.05) is 29.9 Å². The smallest absolute Gasteiger partial charge is 0.338 e. The van der Waals surface area contributed by atoms with E-state index in [1.54, 1.807) is 24.3 Å². The van der Waals surface area contributed by atoms with E-state index in [1.807, 2.05) is 44.1 Å². The lowest BCUT2D eigenvalue weighted by Gasteiger charge is -2.13. The Hall–Kier alpha value is -2.34. The summed E-state index contributed by atoms with van der Waals surface area (Å²) in [5.41, 5.74) is 2.91. The normalized spacial score (nSPS) is 10.2. The van der Waals surface area contributed by atoms with Crippen LogP contribution in [0.4, 0.5) is 11.4 Å². The molecule has 2 rings (SSSR count). The number of benzene rings is 2. The maximum Gasteiger partial charge on any atom is 0.338 e. The van der Waals surface area contributed by atoms with Gasteiger partial charge in [0.15, 0.2) is 6.61 Å². The van der Waals surface area contributed by atoms with Crippen LogP contribution in [-0.2, 0) is 9.53 Å². The predicted octanol–water partition coefficient (Wildman–Crippen LogP) is 3.62. The van der Waals surface area contributed by atoms with Gasteiger partial charge in [-0.25, -0.2) is 4.79 Å². The highest BCUT2D eigenvalue weighted by Crippen LogP contribution is 2.20. The van der Waals surface area contributed by atoms with E-state index < -0.39 is 5.97 Å². The van der Waals surface area contributed by atoms with Gasteiger partial charge in [0.05, 0.1) is 5.56 Å². The SMILES string of the molecule is Cc1cc(Br)ccc1NC(=O)COC(=O)c1cccc(N(C)C)c1. The van der Waals surface area contributed by atoms with E-state index in [2.05, 4.69) is 21.2 Å². The van der Waals surface area contributed by atoms with E-state index >= 15 is 0 Å². The van der Waals surface area contributed by atoms with E-state index in [9.17, 15) is 9.59 Å². The van der Waals surface area contributed by atoms with Crippen LogP contribution in [0.25, 0.3) is 0 Å². The molecule has 0 fully saturated rings. The molecule has 0 aliphatic heterocycles. The van der Waals surface area contributed by atoms with Crippen molar-refractivity contribution in [3.05, 3.63) is 58.1 Å². The van der Waals surface area contributed by atoms with Crippen LogP contribution in [0.15, 0.2) is 46.9 Å². The highest BCUT2D eigenvalue weighted by Gasteiger charge is 2.12. The fourth-order valence-electron chi connectivity index (χ4n) is 2.08. The van der Waals surface area contributed by atoms with Gasteiger partial charge in [-0.05, 0) is 48.9 Å². The molecule has 0 unspecified atom stereocenters. The standard InChI is InChI=1S/C18H19BrN2O3/c1-12-9-14(19)7-8-16(12)20-17(22)11-24-18(23)13-5-4-6-15(10-13)21(2)3/h4-10H,11H2,1-3H3,(H,20,22). The second-order valence-corrected chi connectivity index (χ2v) is 6.44. The first-order chi connectivity index (χ1) is 11.4. The fourth-order valence-corrected chi connectivity index (χ4v) is 2.55. The number of anilines is 2. The summed E-state index contributed by atoms with van der Waals surface area (Å²) >= 11 is 3.37. The lowest BCUT2D eigenvalue weighted by Crippen LogP contribution is -2.21. The molecule has 0 radical (unpaired) electrons. The molecule has 6 heteroatoms. The maximum atomic E-state index is 12.1. The number of amides is 1. The zero-order valence-electron chi connectivity index (χ0n) is 13.8. The van der Waals surface area contributed by atoms with Crippen molar-refractivity contribution in [2.24, 2.45) is 0 Å². The van der Waals surface area contributed by atoms with E-state index in [0.29, 0.717) is 11.3 Å². The zero-order chi connectivity index (χ0) is 17.7. The largest absolute Gasteiger partial charge is 0.452 e. The van der Waals surface area contributed by atoms with Crippen molar-refractivity contribution in [1.29, 1.82) is 0 Å². The average molecular weight is 391 g/mol. The molecule has 0 spiro atoms. The van der Waals surface area contributed by atoms with E-state index in [1.165, 1.54) is 0 Å². The van der Waals surface area contributed by atoms with Crippen LogP contribution < -0.4 is 10.2 Å². The number of rotatable bonds is 5. The topological polar surface area (TPSA) is 58.6 Å². The van der Waals surface area contributed by atoms with Crippen molar-refractivity contribution in [2.75, 3.05) is 30.9 Å². The zero-order valence-corrected chi connectivity index (χ0v) is 15.4. The van der Waals surface area contributed by atoms with Gasteiger partial charge in [0.2, 0.25) is 0 Å². The minimum Gasteiger partial charge on any atom is -0.452 e. The Labute approximate surface area is 149 Å². The van der Waals surface area contributed by atoms with E-state index in [-0.39, 0.29) is 12.5 Å². The third-order valence-corrected chi connectivity index (χ3v) is 3.89. The first kappa shape index (κ1) is 18.0. The number of aryl methyl sites for hydroxylation is 1. The fraction of sp³-hybridized carbons (Fsp3) is 0.222.